The maximum absolute atomic E-state index is 12.5. The quantitative estimate of drug-likeness (QED) is 0.769. The van der Waals surface area contributed by atoms with Crippen LogP contribution in [0.5, 0.6) is 0 Å². The number of nitrogens with one attached hydrogen (secondary N) is 2. The van der Waals surface area contributed by atoms with Crippen molar-refractivity contribution in [3.8, 4) is 0 Å². The number of rotatable bonds is 2. The van der Waals surface area contributed by atoms with E-state index in [0.29, 0.717) is 4.21 Å². The van der Waals surface area contributed by atoms with E-state index in [4.69, 9.17) is 0 Å². The predicted molar refractivity (Wildman–Crippen MR) is 76.5 cm³/mol. The maximum Gasteiger partial charge on any atom is 0.322 e. The molecule has 0 bridgehead atoms. The molecule has 0 aliphatic carbocycles. The van der Waals surface area contributed by atoms with Crippen LogP contribution in [0, 0.1) is 6.92 Å². The molecule has 114 valence electrons. The molecule has 0 radical (unpaired) electrons. The SMILES string of the molecule is Cc1ccc(S(=O)(=O)N2CCC3(CC2)NC(=O)NC3=O)s1. The van der Waals surface area contributed by atoms with E-state index in [1.54, 1.807) is 12.1 Å². The Morgan fingerprint density at radius 2 is 1.90 bits per heavy atom. The normalized spacial score (nSPS) is 22.3. The minimum Gasteiger partial charge on any atom is -0.323 e. The third kappa shape index (κ3) is 2.34. The van der Waals surface area contributed by atoms with Crippen LogP contribution in [-0.4, -0.2) is 43.3 Å². The van der Waals surface area contributed by atoms with E-state index in [2.05, 4.69) is 10.6 Å². The molecule has 3 amide bonds. The van der Waals surface area contributed by atoms with Crippen molar-refractivity contribution in [3.05, 3.63) is 17.0 Å². The van der Waals surface area contributed by atoms with Gasteiger partial charge >= 0.3 is 6.03 Å². The van der Waals surface area contributed by atoms with E-state index in [-0.39, 0.29) is 31.8 Å². The highest BCUT2D eigenvalue weighted by Gasteiger charge is 2.49. The Hall–Kier alpha value is -1.45. The summed E-state index contributed by atoms with van der Waals surface area (Å²) in [5.74, 6) is -0.364. The van der Waals surface area contributed by atoms with Crippen molar-refractivity contribution in [1.29, 1.82) is 0 Å². The third-order valence-corrected chi connectivity index (χ3v) is 7.27. The molecule has 1 aromatic heterocycles. The number of urea groups is 1. The van der Waals surface area contributed by atoms with Gasteiger partial charge < -0.3 is 5.32 Å². The Morgan fingerprint density at radius 3 is 2.38 bits per heavy atom. The molecule has 1 spiro atoms. The average molecular weight is 329 g/mol. The number of sulfonamides is 1. The number of amides is 3. The largest absolute Gasteiger partial charge is 0.323 e. The number of imide groups is 1. The van der Waals surface area contributed by atoms with Gasteiger partial charge in [0.25, 0.3) is 15.9 Å². The molecule has 0 unspecified atom stereocenters. The highest BCUT2D eigenvalue weighted by atomic mass is 32.2. The van der Waals surface area contributed by atoms with E-state index in [9.17, 15) is 18.0 Å². The Labute approximate surface area is 126 Å². The van der Waals surface area contributed by atoms with Crippen molar-refractivity contribution in [2.75, 3.05) is 13.1 Å². The lowest BCUT2D eigenvalue weighted by Crippen LogP contribution is -2.55. The standard InChI is InChI=1S/C12H15N3O4S2/c1-8-2-3-9(20-8)21(18,19)15-6-4-12(5-7-15)10(16)13-11(17)14-12/h2-3H,4-7H2,1H3,(H2,13,14,16,17). The molecule has 3 heterocycles. The van der Waals surface area contributed by atoms with Gasteiger partial charge in [-0.1, -0.05) is 0 Å². The van der Waals surface area contributed by atoms with Gasteiger partial charge in [0.1, 0.15) is 9.75 Å². The second-order valence-corrected chi connectivity index (χ2v) is 8.71. The first-order valence-corrected chi connectivity index (χ1v) is 8.79. The Balaban J connectivity index is 1.77. The fraction of sp³-hybridized carbons (Fsp3) is 0.500. The highest BCUT2D eigenvalue weighted by molar-refractivity contribution is 7.91. The molecule has 7 nitrogen and oxygen atoms in total. The molecule has 2 N–H and O–H groups in total. The number of hydrogen-bond acceptors (Lipinski definition) is 5. The van der Waals surface area contributed by atoms with E-state index < -0.39 is 21.6 Å². The lowest BCUT2D eigenvalue weighted by molar-refractivity contribution is -0.125. The number of hydrogen-bond donors (Lipinski definition) is 2. The van der Waals surface area contributed by atoms with Gasteiger partial charge in [-0.25, -0.2) is 13.2 Å². The molecule has 0 saturated carbocycles. The van der Waals surface area contributed by atoms with E-state index in [1.165, 1.54) is 15.6 Å². The molecule has 0 atom stereocenters. The smallest absolute Gasteiger partial charge is 0.322 e. The van der Waals surface area contributed by atoms with Crippen LogP contribution in [0.1, 0.15) is 17.7 Å². The molecule has 2 fully saturated rings. The maximum atomic E-state index is 12.5. The van der Waals surface area contributed by atoms with Gasteiger partial charge in [0, 0.05) is 18.0 Å². The molecule has 0 aromatic carbocycles. The first-order chi connectivity index (χ1) is 9.83. The molecule has 2 aliphatic rings. The van der Waals surface area contributed by atoms with Gasteiger partial charge in [-0.2, -0.15) is 4.31 Å². The zero-order valence-electron chi connectivity index (χ0n) is 11.4. The highest BCUT2D eigenvalue weighted by Crippen LogP contribution is 2.31. The van der Waals surface area contributed by atoms with Gasteiger partial charge in [0.2, 0.25) is 0 Å². The van der Waals surface area contributed by atoms with Crippen LogP contribution >= 0.6 is 11.3 Å². The summed E-state index contributed by atoms with van der Waals surface area (Å²) in [7, 11) is -3.51. The van der Waals surface area contributed by atoms with Crippen LogP contribution in [0.3, 0.4) is 0 Å². The van der Waals surface area contributed by atoms with Crippen molar-refractivity contribution >= 4 is 33.3 Å². The summed E-state index contributed by atoms with van der Waals surface area (Å²) in [6, 6.07) is 2.86. The topological polar surface area (TPSA) is 95.6 Å². The lowest BCUT2D eigenvalue weighted by atomic mass is 9.89. The van der Waals surface area contributed by atoms with E-state index >= 15 is 0 Å². The number of aryl methyl sites for hydroxylation is 1. The number of piperidine rings is 1. The Morgan fingerprint density at radius 1 is 1.24 bits per heavy atom. The molecule has 2 saturated heterocycles. The zero-order chi connectivity index (χ0) is 15.3. The summed E-state index contributed by atoms with van der Waals surface area (Å²) in [6.07, 6.45) is 0.572. The van der Waals surface area contributed by atoms with Gasteiger partial charge in [-0.15, -0.1) is 11.3 Å². The van der Waals surface area contributed by atoms with Crippen molar-refractivity contribution in [3.63, 3.8) is 0 Å². The van der Waals surface area contributed by atoms with Crippen molar-refractivity contribution in [2.45, 2.75) is 29.5 Å². The van der Waals surface area contributed by atoms with Crippen LogP contribution in [0.25, 0.3) is 0 Å². The average Bonchev–Trinajstić information content (AvgIpc) is 2.96. The van der Waals surface area contributed by atoms with Gasteiger partial charge in [-0.3, -0.25) is 10.1 Å². The summed E-state index contributed by atoms with van der Waals surface area (Å²) in [5.41, 5.74) is -0.950. The Bertz CT molecular complexity index is 702. The summed E-state index contributed by atoms with van der Waals surface area (Å²) >= 11 is 1.23. The van der Waals surface area contributed by atoms with Crippen molar-refractivity contribution < 1.29 is 18.0 Å². The minimum atomic E-state index is -3.51. The molecule has 9 heteroatoms. The van der Waals surface area contributed by atoms with Crippen LogP contribution in [0.2, 0.25) is 0 Å². The first-order valence-electron chi connectivity index (χ1n) is 6.54. The van der Waals surface area contributed by atoms with Crippen LogP contribution in [0.4, 0.5) is 4.79 Å². The zero-order valence-corrected chi connectivity index (χ0v) is 13.0. The predicted octanol–water partition coefficient (Wildman–Crippen LogP) is 0.419. The molecule has 3 rings (SSSR count). The van der Waals surface area contributed by atoms with E-state index in [1.807, 2.05) is 6.92 Å². The molecule has 1 aromatic rings. The van der Waals surface area contributed by atoms with Gasteiger partial charge in [0.05, 0.1) is 0 Å². The summed E-state index contributed by atoms with van der Waals surface area (Å²) in [5, 5.41) is 4.83. The third-order valence-electron chi connectivity index (χ3n) is 3.90. The monoisotopic (exact) mass is 329 g/mol. The summed E-state index contributed by atoms with van der Waals surface area (Å²) in [6.45, 7) is 2.28. The summed E-state index contributed by atoms with van der Waals surface area (Å²) in [4.78, 5) is 24.0. The van der Waals surface area contributed by atoms with Crippen LogP contribution in [-0.2, 0) is 14.8 Å². The van der Waals surface area contributed by atoms with Gasteiger partial charge in [-0.05, 0) is 31.9 Å². The second kappa shape index (κ2) is 4.79. The van der Waals surface area contributed by atoms with Crippen LogP contribution < -0.4 is 10.6 Å². The fourth-order valence-corrected chi connectivity index (χ4v) is 5.55. The summed E-state index contributed by atoms with van der Waals surface area (Å²) < 4.78 is 26.7. The number of carbonyl (C=O) groups excluding carboxylic acids is 2. The van der Waals surface area contributed by atoms with Gasteiger partial charge in [0.15, 0.2) is 0 Å². The molecule has 2 aliphatic heterocycles. The lowest BCUT2D eigenvalue weighted by Gasteiger charge is -2.35. The first kappa shape index (κ1) is 14.5. The molecular weight excluding hydrogens is 314 g/mol. The van der Waals surface area contributed by atoms with Crippen molar-refractivity contribution in [2.24, 2.45) is 0 Å². The number of carbonyl (C=O) groups is 2. The van der Waals surface area contributed by atoms with Crippen LogP contribution in [0.15, 0.2) is 16.3 Å². The van der Waals surface area contributed by atoms with E-state index in [0.717, 1.165) is 4.88 Å². The van der Waals surface area contributed by atoms with Crippen molar-refractivity contribution in [1.82, 2.24) is 14.9 Å². The Kier molecular flexibility index (Phi) is 3.30. The number of nitrogens with zero attached hydrogens (tertiary/aromatic N) is 1. The second-order valence-electron chi connectivity index (χ2n) is 5.26. The fourth-order valence-electron chi connectivity index (χ4n) is 2.67. The minimum absolute atomic E-state index is 0.215. The molecule has 21 heavy (non-hydrogen) atoms. The number of thiophene rings is 1. The molecular formula is C12H15N3O4S2.